The Morgan fingerprint density at radius 3 is 2.36 bits per heavy atom. The number of methoxy groups -OCH3 is 1. The van der Waals surface area contributed by atoms with Crippen molar-refractivity contribution in [2.24, 2.45) is 0 Å². The van der Waals surface area contributed by atoms with Gasteiger partial charge in [0.2, 0.25) is 0 Å². The van der Waals surface area contributed by atoms with Gasteiger partial charge in [0.25, 0.3) is 11.8 Å². The number of amides is 2. The lowest BCUT2D eigenvalue weighted by molar-refractivity contribution is -0.385. The van der Waals surface area contributed by atoms with Crippen LogP contribution < -0.4 is 15.4 Å². The lowest BCUT2D eigenvalue weighted by Gasteiger charge is -2.10. The van der Waals surface area contributed by atoms with Crippen LogP contribution in [0.4, 0.5) is 11.4 Å². The van der Waals surface area contributed by atoms with Crippen molar-refractivity contribution in [3.05, 3.63) is 62.7 Å². The van der Waals surface area contributed by atoms with Gasteiger partial charge in [0.1, 0.15) is 0 Å². The van der Waals surface area contributed by atoms with Crippen LogP contribution in [-0.2, 0) is 0 Å². The molecule has 2 amide bonds. The molecule has 25 heavy (non-hydrogen) atoms. The Labute approximate surface area is 147 Å². The predicted molar refractivity (Wildman–Crippen MR) is 92.4 cm³/mol. The Kier molecular flexibility index (Phi) is 5.56. The van der Waals surface area contributed by atoms with Crippen LogP contribution >= 0.6 is 11.6 Å². The third kappa shape index (κ3) is 4.04. The number of nitrogens with zero attached hydrogens (tertiary/aromatic N) is 1. The van der Waals surface area contributed by atoms with Crippen molar-refractivity contribution in [3.63, 3.8) is 0 Å². The number of hydrogen-bond donors (Lipinski definition) is 2. The van der Waals surface area contributed by atoms with Crippen molar-refractivity contribution in [2.75, 3.05) is 19.5 Å². The maximum atomic E-state index is 12.4. The number of nitro groups is 1. The molecule has 0 aliphatic rings. The molecule has 0 spiro atoms. The van der Waals surface area contributed by atoms with Crippen molar-refractivity contribution in [2.45, 2.75) is 0 Å². The summed E-state index contributed by atoms with van der Waals surface area (Å²) in [5, 5.41) is 16.3. The van der Waals surface area contributed by atoms with Crippen molar-refractivity contribution in [1.82, 2.24) is 5.32 Å². The number of carbonyl (C=O) groups is 2. The molecule has 0 aliphatic carbocycles. The molecule has 0 saturated carbocycles. The van der Waals surface area contributed by atoms with Crippen molar-refractivity contribution in [1.29, 1.82) is 0 Å². The highest BCUT2D eigenvalue weighted by atomic mass is 35.5. The maximum Gasteiger partial charge on any atom is 0.311 e. The molecule has 0 unspecified atom stereocenters. The SMILES string of the molecule is CNC(=O)c1ccc(Cl)c(NC(=O)c2ccc(OC)c([N+](=O)[O-])c2)c1. The normalized spacial score (nSPS) is 10.0. The molecule has 130 valence electrons. The highest BCUT2D eigenvalue weighted by molar-refractivity contribution is 6.34. The zero-order chi connectivity index (χ0) is 18.6. The fraction of sp³-hybridized carbons (Fsp3) is 0.125. The molecule has 2 N–H and O–H groups in total. The molecule has 0 radical (unpaired) electrons. The number of nitrogens with one attached hydrogen (secondary N) is 2. The summed E-state index contributed by atoms with van der Waals surface area (Å²) in [6, 6.07) is 8.21. The van der Waals surface area contributed by atoms with Crippen LogP contribution in [-0.4, -0.2) is 30.9 Å². The average Bonchev–Trinajstić information content (AvgIpc) is 2.62. The highest BCUT2D eigenvalue weighted by Crippen LogP contribution is 2.29. The van der Waals surface area contributed by atoms with E-state index < -0.39 is 10.8 Å². The minimum Gasteiger partial charge on any atom is -0.490 e. The third-order valence-electron chi connectivity index (χ3n) is 3.34. The van der Waals surface area contributed by atoms with E-state index in [9.17, 15) is 19.7 Å². The number of carbonyl (C=O) groups excluding carboxylic acids is 2. The van der Waals surface area contributed by atoms with Crippen LogP contribution in [0.5, 0.6) is 5.75 Å². The third-order valence-corrected chi connectivity index (χ3v) is 3.67. The molecular formula is C16H14ClN3O5. The second-order valence-electron chi connectivity index (χ2n) is 4.87. The zero-order valence-electron chi connectivity index (χ0n) is 13.3. The van der Waals surface area contributed by atoms with Gasteiger partial charge >= 0.3 is 5.69 Å². The number of hydrogen-bond acceptors (Lipinski definition) is 5. The first kappa shape index (κ1) is 18.2. The molecule has 0 fully saturated rings. The first-order valence-corrected chi connectivity index (χ1v) is 7.40. The van der Waals surface area contributed by atoms with Gasteiger partial charge in [-0.15, -0.1) is 0 Å². The van der Waals surface area contributed by atoms with E-state index in [-0.39, 0.29) is 33.6 Å². The molecule has 2 aromatic carbocycles. The summed E-state index contributed by atoms with van der Waals surface area (Å²) in [6.45, 7) is 0. The van der Waals surface area contributed by atoms with Gasteiger partial charge in [0, 0.05) is 24.2 Å². The largest absolute Gasteiger partial charge is 0.490 e. The van der Waals surface area contributed by atoms with Crippen LogP contribution in [0.3, 0.4) is 0 Å². The average molecular weight is 364 g/mol. The Balaban J connectivity index is 2.32. The summed E-state index contributed by atoms with van der Waals surface area (Å²) in [5.74, 6) is -0.907. The summed E-state index contributed by atoms with van der Waals surface area (Å²) in [5.41, 5.74) is 0.239. The summed E-state index contributed by atoms with van der Waals surface area (Å²) in [6.07, 6.45) is 0. The van der Waals surface area contributed by atoms with Gasteiger partial charge in [-0.05, 0) is 30.3 Å². The number of benzene rings is 2. The first-order chi connectivity index (χ1) is 11.9. The smallest absolute Gasteiger partial charge is 0.311 e. The van der Waals surface area contributed by atoms with E-state index in [1.165, 1.54) is 44.5 Å². The maximum absolute atomic E-state index is 12.4. The molecule has 0 aromatic heterocycles. The molecule has 2 aromatic rings. The highest BCUT2D eigenvalue weighted by Gasteiger charge is 2.19. The number of nitro benzene ring substituents is 1. The Hall–Kier alpha value is -3.13. The summed E-state index contributed by atoms with van der Waals surface area (Å²) in [7, 11) is 2.78. The molecule has 0 aliphatic heterocycles. The summed E-state index contributed by atoms with van der Waals surface area (Å²) < 4.78 is 4.89. The van der Waals surface area contributed by atoms with E-state index in [2.05, 4.69) is 10.6 Å². The van der Waals surface area contributed by atoms with Gasteiger partial charge in [0.05, 0.1) is 22.7 Å². The van der Waals surface area contributed by atoms with Crippen molar-refractivity contribution < 1.29 is 19.2 Å². The predicted octanol–water partition coefficient (Wildman–Crippen LogP) is 2.87. The molecule has 2 rings (SSSR count). The van der Waals surface area contributed by atoms with Crippen LogP contribution in [0.25, 0.3) is 0 Å². The second-order valence-corrected chi connectivity index (χ2v) is 5.28. The number of ether oxygens (including phenoxy) is 1. The van der Waals surface area contributed by atoms with Crippen LogP contribution in [0.2, 0.25) is 5.02 Å². The Bertz CT molecular complexity index is 854. The second kappa shape index (κ2) is 7.63. The lowest BCUT2D eigenvalue weighted by Crippen LogP contribution is -2.18. The topological polar surface area (TPSA) is 111 Å². The fourth-order valence-corrected chi connectivity index (χ4v) is 2.24. The van der Waals surface area contributed by atoms with Gasteiger partial charge in [0.15, 0.2) is 5.75 Å². The quantitative estimate of drug-likeness (QED) is 0.626. The van der Waals surface area contributed by atoms with Crippen molar-refractivity contribution >= 4 is 34.8 Å². The molecular weight excluding hydrogens is 350 g/mol. The standard InChI is InChI=1S/C16H14ClN3O5/c1-18-15(21)9-3-5-11(17)12(7-9)19-16(22)10-4-6-14(25-2)13(8-10)20(23)24/h3-8H,1-2H3,(H,18,21)(H,19,22). The molecule has 0 atom stereocenters. The molecule has 0 heterocycles. The van der Waals surface area contributed by atoms with E-state index >= 15 is 0 Å². The minimum absolute atomic E-state index is 0.0428. The van der Waals surface area contributed by atoms with Gasteiger partial charge < -0.3 is 15.4 Å². The molecule has 0 bridgehead atoms. The van der Waals surface area contributed by atoms with E-state index in [1.807, 2.05) is 0 Å². The van der Waals surface area contributed by atoms with Crippen LogP contribution in [0, 0.1) is 10.1 Å². The number of halogens is 1. The first-order valence-electron chi connectivity index (χ1n) is 7.02. The van der Waals surface area contributed by atoms with E-state index in [1.54, 1.807) is 0 Å². The van der Waals surface area contributed by atoms with Gasteiger partial charge in [-0.3, -0.25) is 19.7 Å². The van der Waals surface area contributed by atoms with E-state index in [4.69, 9.17) is 16.3 Å². The minimum atomic E-state index is -0.644. The summed E-state index contributed by atoms with van der Waals surface area (Å²) >= 11 is 6.03. The van der Waals surface area contributed by atoms with Crippen LogP contribution in [0.15, 0.2) is 36.4 Å². The van der Waals surface area contributed by atoms with Crippen molar-refractivity contribution in [3.8, 4) is 5.75 Å². The monoisotopic (exact) mass is 363 g/mol. The van der Waals surface area contributed by atoms with Gasteiger partial charge in [-0.2, -0.15) is 0 Å². The van der Waals surface area contributed by atoms with Gasteiger partial charge in [-0.25, -0.2) is 0 Å². The Morgan fingerprint density at radius 2 is 1.76 bits per heavy atom. The van der Waals surface area contributed by atoms with Crippen LogP contribution in [0.1, 0.15) is 20.7 Å². The molecule has 0 saturated heterocycles. The van der Waals surface area contributed by atoms with Gasteiger partial charge in [-0.1, -0.05) is 11.6 Å². The van der Waals surface area contributed by atoms with E-state index in [0.29, 0.717) is 5.56 Å². The molecule has 8 nitrogen and oxygen atoms in total. The lowest BCUT2D eigenvalue weighted by atomic mass is 10.1. The zero-order valence-corrected chi connectivity index (χ0v) is 14.1. The Morgan fingerprint density at radius 1 is 1.12 bits per heavy atom. The summed E-state index contributed by atoms with van der Waals surface area (Å²) in [4.78, 5) is 34.4. The number of anilines is 1. The molecule has 9 heteroatoms. The fourth-order valence-electron chi connectivity index (χ4n) is 2.08. The van der Waals surface area contributed by atoms with E-state index in [0.717, 1.165) is 6.07 Å². The number of rotatable bonds is 5.